The Morgan fingerprint density at radius 2 is 1.75 bits per heavy atom. The third kappa shape index (κ3) is 3.78. The molecule has 0 unspecified atom stereocenters. The molecule has 0 radical (unpaired) electrons. The van der Waals surface area contributed by atoms with Crippen LogP contribution in [0.5, 0.6) is 0 Å². The van der Waals surface area contributed by atoms with Crippen molar-refractivity contribution >= 4 is 11.9 Å². The van der Waals surface area contributed by atoms with Crippen LogP contribution in [0.25, 0.3) is 22.8 Å². The van der Waals surface area contributed by atoms with Crippen molar-refractivity contribution in [3.63, 3.8) is 0 Å². The lowest BCUT2D eigenvalue weighted by molar-refractivity contribution is 0.0996. The number of benzene rings is 1. The van der Waals surface area contributed by atoms with Gasteiger partial charge in [-0.1, -0.05) is 35.9 Å². The highest BCUT2D eigenvalue weighted by Crippen LogP contribution is 2.23. The zero-order chi connectivity index (χ0) is 19.5. The summed E-state index contributed by atoms with van der Waals surface area (Å²) >= 11 is 0. The molecule has 0 saturated heterocycles. The Balaban J connectivity index is 1.56. The summed E-state index contributed by atoms with van der Waals surface area (Å²) in [5.74, 6) is 1.37. The third-order valence-electron chi connectivity index (χ3n) is 4.03. The van der Waals surface area contributed by atoms with Gasteiger partial charge in [0.05, 0.1) is 0 Å². The normalized spacial score (nSPS) is 10.6. The zero-order valence-corrected chi connectivity index (χ0v) is 15.4. The van der Waals surface area contributed by atoms with Crippen LogP contribution in [0, 0.1) is 13.8 Å². The topological polar surface area (TPSA) is 93.8 Å². The molecule has 7 heteroatoms. The van der Waals surface area contributed by atoms with E-state index in [1.165, 1.54) is 0 Å². The maximum absolute atomic E-state index is 12.6. The molecule has 1 N–H and O–H groups in total. The van der Waals surface area contributed by atoms with Crippen molar-refractivity contribution in [1.29, 1.82) is 0 Å². The van der Waals surface area contributed by atoms with Gasteiger partial charge in [-0.3, -0.25) is 15.1 Å². The van der Waals surface area contributed by atoms with E-state index in [1.54, 1.807) is 31.3 Å². The van der Waals surface area contributed by atoms with Crippen LogP contribution in [0.2, 0.25) is 0 Å². The Morgan fingerprint density at radius 3 is 2.50 bits per heavy atom. The second-order valence-electron chi connectivity index (χ2n) is 6.23. The molecule has 0 aliphatic rings. The lowest BCUT2D eigenvalue weighted by atomic mass is 10.1. The van der Waals surface area contributed by atoms with Crippen LogP contribution >= 0.6 is 0 Å². The van der Waals surface area contributed by atoms with Crippen LogP contribution in [0.4, 0.5) is 5.95 Å². The van der Waals surface area contributed by atoms with Crippen molar-refractivity contribution in [2.45, 2.75) is 13.8 Å². The van der Waals surface area contributed by atoms with Gasteiger partial charge >= 0.3 is 0 Å². The number of pyridine rings is 1. The fraction of sp³-hybridized carbons (Fsp3) is 0.0952. The molecule has 0 aliphatic heterocycles. The molecular weight excluding hydrogens is 354 g/mol. The van der Waals surface area contributed by atoms with E-state index >= 15 is 0 Å². The SMILES string of the molecule is Cc1ccc(-c2ccc(C(=O)Nc3nc(C)nc(-c4ccccn4)n3)o2)cc1. The molecule has 0 bridgehead atoms. The average Bonchev–Trinajstić information content (AvgIpc) is 3.19. The predicted molar refractivity (Wildman–Crippen MR) is 105 cm³/mol. The van der Waals surface area contributed by atoms with E-state index in [4.69, 9.17) is 4.42 Å². The minimum absolute atomic E-state index is 0.145. The summed E-state index contributed by atoms with van der Waals surface area (Å²) in [6.07, 6.45) is 1.65. The number of aromatic nitrogens is 4. The molecule has 3 heterocycles. The molecule has 0 spiro atoms. The van der Waals surface area contributed by atoms with Crippen LogP contribution in [0.1, 0.15) is 21.9 Å². The van der Waals surface area contributed by atoms with E-state index in [1.807, 2.05) is 43.3 Å². The summed E-state index contributed by atoms with van der Waals surface area (Å²) in [7, 11) is 0. The Hall–Kier alpha value is -3.87. The Kier molecular flexibility index (Phi) is 4.63. The number of carbonyl (C=O) groups is 1. The highest BCUT2D eigenvalue weighted by molar-refractivity contribution is 6.01. The number of aryl methyl sites for hydroxylation is 2. The van der Waals surface area contributed by atoms with Gasteiger partial charge in [-0.2, -0.15) is 9.97 Å². The first-order chi connectivity index (χ1) is 13.6. The number of rotatable bonds is 4. The molecule has 1 aromatic carbocycles. The first kappa shape index (κ1) is 17.5. The molecule has 4 aromatic rings. The van der Waals surface area contributed by atoms with Gasteiger partial charge in [0.2, 0.25) is 5.95 Å². The van der Waals surface area contributed by atoms with Gasteiger partial charge < -0.3 is 4.42 Å². The first-order valence-corrected chi connectivity index (χ1v) is 8.71. The fourth-order valence-corrected chi connectivity index (χ4v) is 2.64. The van der Waals surface area contributed by atoms with Gasteiger partial charge in [0.15, 0.2) is 11.6 Å². The molecule has 0 atom stereocenters. The largest absolute Gasteiger partial charge is 0.451 e. The Morgan fingerprint density at radius 1 is 0.929 bits per heavy atom. The summed E-state index contributed by atoms with van der Waals surface area (Å²) in [5, 5.41) is 2.66. The summed E-state index contributed by atoms with van der Waals surface area (Å²) < 4.78 is 5.69. The number of amides is 1. The van der Waals surface area contributed by atoms with Crippen LogP contribution in [-0.2, 0) is 0 Å². The van der Waals surface area contributed by atoms with Crippen LogP contribution in [0.3, 0.4) is 0 Å². The number of hydrogen-bond acceptors (Lipinski definition) is 6. The second-order valence-corrected chi connectivity index (χ2v) is 6.23. The maximum Gasteiger partial charge on any atom is 0.293 e. The molecule has 7 nitrogen and oxygen atoms in total. The number of anilines is 1. The number of furan rings is 1. The average molecular weight is 371 g/mol. The Bertz CT molecular complexity index is 1120. The number of carbonyl (C=O) groups excluding carboxylic acids is 1. The quantitative estimate of drug-likeness (QED) is 0.581. The van der Waals surface area contributed by atoms with E-state index < -0.39 is 5.91 Å². The summed E-state index contributed by atoms with van der Waals surface area (Å²) in [6.45, 7) is 3.74. The number of nitrogens with zero attached hydrogens (tertiary/aromatic N) is 4. The van der Waals surface area contributed by atoms with E-state index in [0.717, 1.165) is 11.1 Å². The van der Waals surface area contributed by atoms with Gasteiger partial charge in [-0.25, -0.2) is 4.98 Å². The number of nitrogens with one attached hydrogen (secondary N) is 1. The summed E-state index contributed by atoms with van der Waals surface area (Å²) in [5.41, 5.74) is 2.66. The monoisotopic (exact) mass is 371 g/mol. The van der Waals surface area contributed by atoms with Crippen LogP contribution < -0.4 is 5.32 Å². The van der Waals surface area contributed by atoms with Crippen LogP contribution in [0.15, 0.2) is 65.2 Å². The predicted octanol–water partition coefficient (Wildman–Crippen LogP) is 4.06. The minimum Gasteiger partial charge on any atom is -0.451 e. The van der Waals surface area contributed by atoms with Crippen molar-refractivity contribution in [3.05, 3.63) is 77.9 Å². The van der Waals surface area contributed by atoms with Gasteiger partial charge in [-0.15, -0.1) is 0 Å². The van der Waals surface area contributed by atoms with Gasteiger partial charge in [0.25, 0.3) is 5.91 Å². The van der Waals surface area contributed by atoms with E-state index in [0.29, 0.717) is 23.1 Å². The first-order valence-electron chi connectivity index (χ1n) is 8.71. The van der Waals surface area contributed by atoms with E-state index in [2.05, 4.69) is 25.3 Å². The standard InChI is InChI=1S/C21H17N5O2/c1-13-6-8-15(9-7-13)17-10-11-18(28-17)20(27)26-21-24-14(2)23-19(25-21)16-5-3-4-12-22-16/h3-12H,1-2H3,(H,23,24,25,26,27). The lowest BCUT2D eigenvalue weighted by Crippen LogP contribution is -2.15. The maximum atomic E-state index is 12.6. The Labute approximate surface area is 161 Å². The molecular formula is C21H17N5O2. The van der Waals surface area contributed by atoms with Gasteiger partial charge in [-0.05, 0) is 38.1 Å². The molecule has 4 rings (SSSR count). The molecule has 28 heavy (non-hydrogen) atoms. The van der Waals surface area contributed by atoms with Crippen molar-refractivity contribution in [2.75, 3.05) is 5.32 Å². The molecule has 0 saturated carbocycles. The highest BCUT2D eigenvalue weighted by Gasteiger charge is 2.15. The summed E-state index contributed by atoms with van der Waals surface area (Å²) in [4.78, 5) is 29.5. The molecule has 1 amide bonds. The third-order valence-corrected chi connectivity index (χ3v) is 4.03. The van der Waals surface area contributed by atoms with E-state index in [9.17, 15) is 4.79 Å². The van der Waals surface area contributed by atoms with Crippen molar-refractivity contribution in [1.82, 2.24) is 19.9 Å². The lowest BCUT2D eigenvalue weighted by Gasteiger charge is -2.05. The smallest absolute Gasteiger partial charge is 0.293 e. The highest BCUT2D eigenvalue weighted by atomic mass is 16.3. The van der Waals surface area contributed by atoms with Crippen LogP contribution in [-0.4, -0.2) is 25.8 Å². The fourth-order valence-electron chi connectivity index (χ4n) is 2.64. The van der Waals surface area contributed by atoms with Crippen molar-refractivity contribution in [3.8, 4) is 22.8 Å². The van der Waals surface area contributed by atoms with Gasteiger partial charge in [0.1, 0.15) is 17.3 Å². The molecule has 138 valence electrons. The molecule has 0 fully saturated rings. The summed E-state index contributed by atoms with van der Waals surface area (Å²) in [6, 6.07) is 16.7. The van der Waals surface area contributed by atoms with Crippen molar-refractivity contribution < 1.29 is 9.21 Å². The second kappa shape index (κ2) is 7.40. The van der Waals surface area contributed by atoms with Crippen molar-refractivity contribution in [2.24, 2.45) is 0 Å². The van der Waals surface area contributed by atoms with Gasteiger partial charge in [0, 0.05) is 11.8 Å². The van der Waals surface area contributed by atoms with E-state index in [-0.39, 0.29) is 11.7 Å². The number of hydrogen-bond donors (Lipinski definition) is 1. The molecule has 0 aliphatic carbocycles. The zero-order valence-electron chi connectivity index (χ0n) is 15.4. The molecule has 3 aromatic heterocycles. The minimum atomic E-state index is -0.434.